The van der Waals surface area contributed by atoms with Crippen molar-refractivity contribution in [3.05, 3.63) is 90.0 Å². The number of carbonyl (C=O) groups is 1. The van der Waals surface area contributed by atoms with Crippen molar-refractivity contribution >= 4 is 11.9 Å². The number of nitrogens with two attached hydrogens (primary N) is 2. The van der Waals surface area contributed by atoms with Gasteiger partial charge in [-0.05, 0) is 49.1 Å². The summed E-state index contributed by atoms with van der Waals surface area (Å²) in [5.74, 6) is -0.457. The molecule has 42 heavy (non-hydrogen) atoms. The lowest BCUT2D eigenvalue weighted by molar-refractivity contribution is -0.198. The number of carbonyl (C=O) groups excluding carboxylic acids is 1. The topological polar surface area (TPSA) is 123 Å². The molecular weight excluding hydrogens is 549 g/mol. The second-order valence-electron chi connectivity index (χ2n) is 9.84. The Labute approximate surface area is 241 Å². The molecule has 0 saturated heterocycles. The zero-order valence-corrected chi connectivity index (χ0v) is 23.3. The smallest absolute Gasteiger partial charge is 0.429 e. The van der Waals surface area contributed by atoms with Gasteiger partial charge in [0.25, 0.3) is 0 Å². The van der Waals surface area contributed by atoms with E-state index in [9.17, 15) is 18.0 Å². The molecule has 220 valence electrons. The van der Waals surface area contributed by atoms with Gasteiger partial charge in [-0.15, -0.1) is 0 Å². The summed E-state index contributed by atoms with van der Waals surface area (Å²) in [6.45, 7) is 3.47. The summed E-state index contributed by atoms with van der Waals surface area (Å²) in [6.07, 6.45) is -7.07. The minimum Gasteiger partial charge on any atom is -0.497 e. The average Bonchev–Trinajstić information content (AvgIpc) is 2.95. The highest BCUT2D eigenvalue weighted by Crippen LogP contribution is 2.38. The van der Waals surface area contributed by atoms with Crippen LogP contribution in [0.3, 0.4) is 0 Å². The summed E-state index contributed by atoms with van der Waals surface area (Å²) in [4.78, 5) is 20.0. The van der Waals surface area contributed by atoms with Gasteiger partial charge in [0.2, 0.25) is 17.9 Å². The van der Waals surface area contributed by atoms with Gasteiger partial charge in [-0.3, -0.25) is 4.79 Å². The van der Waals surface area contributed by atoms with Crippen LogP contribution in [0.25, 0.3) is 22.4 Å². The molecule has 0 fully saturated rings. The molecule has 4 rings (SSSR count). The van der Waals surface area contributed by atoms with E-state index >= 15 is 0 Å². The van der Waals surface area contributed by atoms with Crippen LogP contribution in [0, 0.1) is 0 Å². The van der Waals surface area contributed by atoms with Gasteiger partial charge in [0.1, 0.15) is 11.8 Å². The maximum absolute atomic E-state index is 14.2. The summed E-state index contributed by atoms with van der Waals surface area (Å²) in [5.41, 5.74) is 14.8. The molecule has 2 atom stereocenters. The van der Waals surface area contributed by atoms with E-state index in [1.165, 1.54) is 18.2 Å². The molecule has 0 radical (unpaired) electrons. The molecule has 0 aliphatic rings. The van der Waals surface area contributed by atoms with Gasteiger partial charge in [0.05, 0.1) is 18.9 Å². The Balaban J connectivity index is 1.54. The number of halogens is 3. The fourth-order valence-electron chi connectivity index (χ4n) is 4.22. The van der Waals surface area contributed by atoms with Crippen molar-refractivity contribution in [1.29, 1.82) is 0 Å². The third-order valence-electron chi connectivity index (χ3n) is 6.23. The molecular formula is C31H31F3N4O4. The molecule has 0 saturated carbocycles. The van der Waals surface area contributed by atoms with Crippen LogP contribution >= 0.6 is 0 Å². The first-order valence-electron chi connectivity index (χ1n) is 13.1. The second-order valence-corrected chi connectivity index (χ2v) is 9.84. The number of aromatic nitrogens is 2. The monoisotopic (exact) mass is 580 g/mol. The highest BCUT2D eigenvalue weighted by molar-refractivity contribution is 5.76. The van der Waals surface area contributed by atoms with Gasteiger partial charge in [0.15, 0.2) is 0 Å². The first kappa shape index (κ1) is 30.3. The summed E-state index contributed by atoms with van der Waals surface area (Å²) in [7, 11) is 1.54. The normalized spacial score (nSPS) is 13.0. The predicted octanol–water partition coefficient (Wildman–Crippen LogP) is 5.91. The molecule has 4 aromatic rings. The maximum Gasteiger partial charge on any atom is 0.429 e. The minimum atomic E-state index is -4.74. The molecule has 1 unspecified atom stereocenters. The van der Waals surface area contributed by atoms with Crippen molar-refractivity contribution in [2.24, 2.45) is 5.73 Å². The Hall–Kier alpha value is -4.64. The van der Waals surface area contributed by atoms with Crippen LogP contribution in [0.2, 0.25) is 0 Å². The molecule has 0 spiro atoms. The fraction of sp³-hybridized carbons (Fsp3) is 0.258. The first-order valence-corrected chi connectivity index (χ1v) is 13.1. The van der Waals surface area contributed by atoms with Crippen molar-refractivity contribution in [3.63, 3.8) is 0 Å². The number of hydrogen-bond donors (Lipinski definition) is 2. The lowest BCUT2D eigenvalue weighted by atomic mass is 10.0. The van der Waals surface area contributed by atoms with Crippen LogP contribution in [-0.2, 0) is 16.0 Å². The maximum atomic E-state index is 14.2. The molecule has 8 nitrogen and oxygen atoms in total. The average molecular weight is 581 g/mol. The largest absolute Gasteiger partial charge is 0.497 e. The van der Waals surface area contributed by atoms with Crippen LogP contribution in [0.4, 0.5) is 19.1 Å². The van der Waals surface area contributed by atoms with Gasteiger partial charge in [-0.25, -0.2) is 4.98 Å². The number of anilines is 1. The quantitative estimate of drug-likeness (QED) is 0.222. The summed E-state index contributed by atoms with van der Waals surface area (Å²) >= 11 is 0. The van der Waals surface area contributed by atoms with E-state index in [1.807, 2.05) is 6.07 Å². The number of rotatable bonds is 10. The van der Waals surface area contributed by atoms with E-state index in [1.54, 1.807) is 75.6 Å². The van der Waals surface area contributed by atoms with Crippen LogP contribution in [0.1, 0.15) is 31.1 Å². The molecule has 3 aromatic carbocycles. The molecule has 0 amide bonds. The molecule has 11 heteroatoms. The van der Waals surface area contributed by atoms with Crippen molar-refractivity contribution < 1.29 is 32.2 Å². The number of nitrogens with zero attached hydrogens (tertiary/aromatic N) is 2. The Bertz CT molecular complexity index is 1510. The number of esters is 1. The third kappa shape index (κ3) is 7.76. The van der Waals surface area contributed by atoms with Crippen molar-refractivity contribution in [2.75, 3.05) is 12.8 Å². The van der Waals surface area contributed by atoms with E-state index < -0.39 is 24.3 Å². The predicted molar refractivity (Wildman–Crippen MR) is 153 cm³/mol. The number of ether oxygens (including phenoxy) is 3. The zero-order valence-electron chi connectivity index (χ0n) is 23.3. The van der Waals surface area contributed by atoms with E-state index in [-0.39, 0.29) is 35.6 Å². The van der Waals surface area contributed by atoms with Gasteiger partial charge in [-0.1, -0.05) is 60.7 Å². The Kier molecular flexibility index (Phi) is 9.31. The van der Waals surface area contributed by atoms with Crippen molar-refractivity contribution in [2.45, 2.75) is 44.7 Å². The summed E-state index contributed by atoms with van der Waals surface area (Å²) in [5, 5.41) is 0. The molecule has 1 heterocycles. The van der Waals surface area contributed by atoms with Crippen LogP contribution < -0.4 is 20.9 Å². The van der Waals surface area contributed by atoms with E-state index in [0.717, 1.165) is 11.1 Å². The van der Waals surface area contributed by atoms with E-state index in [0.29, 0.717) is 16.9 Å². The number of hydrogen-bond acceptors (Lipinski definition) is 8. The SMILES string of the molecule is COc1cccc(-c2ccc([C@@H](Oc3cc(-c4ccc(CC(N)C(=O)OC(C)C)cc4)nc(N)n3)C(F)(F)F)cc2)c1. The van der Waals surface area contributed by atoms with E-state index in [4.69, 9.17) is 25.7 Å². The first-order chi connectivity index (χ1) is 19.9. The number of nitrogen functional groups attached to an aromatic ring is 1. The van der Waals surface area contributed by atoms with Gasteiger partial charge >= 0.3 is 12.1 Å². The highest BCUT2D eigenvalue weighted by atomic mass is 19.4. The zero-order chi connectivity index (χ0) is 30.4. The Morgan fingerprint density at radius 3 is 2.19 bits per heavy atom. The summed E-state index contributed by atoms with van der Waals surface area (Å²) in [6, 6.07) is 20.4. The third-order valence-corrected chi connectivity index (χ3v) is 6.23. The lowest BCUT2D eigenvalue weighted by Crippen LogP contribution is -2.35. The number of methoxy groups -OCH3 is 1. The number of benzene rings is 3. The lowest BCUT2D eigenvalue weighted by Gasteiger charge is -2.22. The van der Waals surface area contributed by atoms with Gasteiger partial charge in [0, 0.05) is 17.2 Å². The molecule has 0 aliphatic carbocycles. The Morgan fingerprint density at radius 1 is 0.905 bits per heavy atom. The van der Waals surface area contributed by atoms with Gasteiger partial charge < -0.3 is 25.7 Å². The van der Waals surface area contributed by atoms with Crippen LogP contribution in [-0.4, -0.2) is 41.4 Å². The van der Waals surface area contributed by atoms with E-state index in [2.05, 4.69) is 9.97 Å². The fourth-order valence-corrected chi connectivity index (χ4v) is 4.22. The highest BCUT2D eigenvalue weighted by Gasteiger charge is 2.43. The van der Waals surface area contributed by atoms with Gasteiger partial charge in [-0.2, -0.15) is 18.2 Å². The standard InChI is InChI=1S/C31H31F3N4O4/c1-18(2)41-29(39)25(35)15-19-7-9-21(10-8-19)26-17-27(38-30(36)37-26)42-28(31(32,33)34)22-13-11-20(12-14-22)23-5-4-6-24(16-23)40-3/h4-14,16-18,25,28H,15,35H2,1-3H3,(H2,36,37,38)/t25?,28-/m1/s1. The number of alkyl halides is 3. The van der Waals surface area contributed by atoms with Crippen LogP contribution in [0.5, 0.6) is 11.6 Å². The van der Waals surface area contributed by atoms with Crippen LogP contribution in [0.15, 0.2) is 78.9 Å². The van der Waals surface area contributed by atoms with Crippen molar-refractivity contribution in [1.82, 2.24) is 9.97 Å². The second kappa shape index (κ2) is 12.9. The molecule has 0 bridgehead atoms. The van der Waals surface area contributed by atoms with Crippen molar-refractivity contribution in [3.8, 4) is 34.0 Å². The summed E-state index contributed by atoms with van der Waals surface area (Å²) < 4.78 is 58.2. The Morgan fingerprint density at radius 2 is 1.57 bits per heavy atom. The molecule has 1 aromatic heterocycles. The molecule has 4 N–H and O–H groups in total. The molecule has 0 aliphatic heterocycles. The minimum absolute atomic E-state index is 0.107.